The van der Waals surface area contributed by atoms with Crippen LogP contribution in [0.25, 0.3) is 0 Å². The largest absolute Gasteiger partial charge is 0.374 e. The third kappa shape index (κ3) is 2.91. The molecule has 96 valence electrons. The van der Waals surface area contributed by atoms with Gasteiger partial charge in [0.1, 0.15) is 5.82 Å². The third-order valence-corrected chi connectivity index (χ3v) is 4.91. The van der Waals surface area contributed by atoms with Crippen LogP contribution in [0, 0.1) is 12.7 Å². The molecular formula is C13H14BrFN2S. The summed E-state index contributed by atoms with van der Waals surface area (Å²) < 4.78 is 14.6. The zero-order valence-corrected chi connectivity index (χ0v) is 12.3. The predicted molar refractivity (Wildman–Crippen MR) is 78.6 cm³/mol. The number of anilines is 1. The van der Waals surface area contributed by atoms with Gasteiger partial charge in [0.25, 0.3) is 0 Å². The molecule has 1 unspecified atom stereocenters. The lowest BCUT2D eigenvalue weighted by Crippen LogP contribution is -2.20. The van der Waals surface area contributed by atoms with Gasteiger partial charge in [-0.1, -0.05) is 12.1 Å². The molecule has 2 nitrogen and oxygen atoms in total. The molecule has 1 aromatic carbocycles. The second kappa shape index (κ2) is 5.82. The fraction of sp³-hybridized carbons (Fsp3) is 0.231. The first kappa shape index (κ1) is 13.5. The minimum Gasteiger partial charge on any atom is -0.374 e. The Morgan fingerprint density at radius 1 is 1.44 bits per heavy atom. The van der Waals surface area contributed by atoms with Gasteiger partial charge in [-0.3, -0.25) is 0 Å². The van der Waals surface area contributed by atoms with Crippen LogP contribution in [0.3, 0.4) is 0 Å². The Balaban J connectivity index is 2.22. The van der Waals surface area contributed by atoms with Crippen LogP contribution in [-0.4, -0.2) is 6.54 Å². The molecule has 1 atom stereocenters. The summed E-state index contributed by atoms with van der Waals surface area (Å²) in [6.45, 7) is 2.45. The number of benzene rings is 1. The summed E-state index contributed by atoms with van der Waals surface area (Å²) in [5, 5.41) is 3.14. The fourth-order valence-corrected chi connectivity index (χ4v) is 3.29. The van der Waals surface area contributed by atoms with Crippen LogP contribution in [0.5, 0.6) is 0 Å². The molecule has 0 aliphatic heterocycles. The number of thiophene rings is 1. The number of nitrogens with two attached hydrogens (primary N) is 1. The molecule has 0 radical (unpaired) electrons. The molecule has 2 aromatic rings. The second-order valence-electron chi connectivity index (χ2n) is 3.97. The average molecular weight is 329 g/mol. The van der Waals surface area contributed by atoms with Gasteiger partial charge in [0.15, 0.2) is 0 Å². The normalized spacial score (nSPS) is 12.4. The van der Waals surface area contributed by atoms with Crippen molar-refractivity contribution in [2.75, 3.05) is 11.9 Å². The van der Waals surface area contributed by atoms with Gasteiger partial charge in [0, 0.05) is 20.8 Å². The van der Waals surface area contributed by atoms with Crippen LogP contribution in [-0.2, 0) is 0 Å². The Labute approximate surface area is 118 Å². The predicted octanol–water partition coefficient (Wildman–Crippen LogP) is 4.07. The van der Waals surface area contributed by atoms with Crippen molar-refractivity contribution >= 4 is 33.0 Å². The van der Waals surface area contributed by atoms with Crippen LogP contribution in [0.2, 0.25) is 0 Å². The van der Waals surface area contributed by atoms with Gasteiger partial charge in [0.05, 0.1) is 11.7 Å². The van der Waals surface area contributed by atoms with Gasteiger partial charge in [-0.25, -0.2) is 4.39 Å². The standard InChI is InChI=1S/C13H14BrFN2S/c1-8-9(14)6-13(18-8)12(7-16)17-11-5-3-2-4-10(11)15/h2-6,12,17H,7,16H2,1H3. The van der Waals surface area contributed by atoms with Crippen LogP contribution < -0.4 is 11.1 Å². The maximum atomic E-state index is 13.6. The van der Waals surface area contributed by atoms with Crippen LogP contribution in [0.1, 0.15) is 15.8 Å². The highest BCUT2D eigenvalue weighted by atomic mass is 79.9. The zero-order chi connectivity index (χ0) is 13.1. The SMILES string of the molecule is Cc1sc(C(CN)Nc2ccccc2F)cc1Br. The highest BCUT2D eigenvalue weighted by molar-refractivity contribution is 9.10. The number of hydrogen-bond donors (Lipinski definition) is 2. The quantitative estimate of drug-likeness (QED) is 0.887. The number of hydrogen-bond acceptors (Lipinski definition) is 3. The summed E-state index contributed by atoms with van der Waals surface area (Å²) in [5.41, 5.74) is 6.25. The smallest absolute Gasteiger partial charge is 0.146 e. The third-order valence-electron chi connectivity index (χ3n) is 2.66. The van der Waals surface area contributed by atoms with Gasteiger partial charge >= 0.3 is 0 Å². The molecule has 0 spiro atoms. The lowest BCUT2D eigenvalue weighted by atomic mass is 10.2. The molecule has 1 aromatic heterocycles. The topological polar surface area (TPSA) is 38.0 Å². The first-order chi connectivity index (χ1) is 8.61. The van der Waals surface area contributed by atoms with Crippen LogP contribution in [0.4, 0.5) is 10.1 Å². The van der Waals surface area contributed by atoms with E-state index in [9.17, 15) is 4.39 Å². The second-order valence-corrected chi connectivity index (χ2v) is 6.11. The molecular weight excluding hydrogens is 315 g/mol. The van der Waals surface area contributed by atoms with Crippen molar-refractivity contribution in [2.24, 2.45) is 5.73 Å². The molecule has 0 fully saturated rings. The van der Waals surface area contributed by atoms with E-state index in [1.807, 2.05) is 13.0 Å². The van der Waals surface area contributed by atoms with Gasteiger partial charge in [-0.15, -0.1) is 11.3 Å². The maximum absolute atomic E-state index is 13.6. The zero-order valence-electron chi connectivity index (χ0n) is 9.91. The highest BCUT2D eigenvalue weighted by Crippen LogP contribution is 2.32. The summed E-state index contributed by atoms with van der Waals surface area (Å²) in [6, 6.07) is 8.58. The molecule has 3 N–H and O–H groups in total. The van der Waals surface area contributed by atoms with Gasteiger partial charge in [0.2, 0.25) is 0 Å². The molecule has 18 heavy (non-hydrogen) atoms. The lowest BCUT2D eigenvalue weighted by Gasteiger charge is -2.17. The van der Waals surface area contributed by atoms with E-state index in [1.165, 1.54) is 10.9 Å². The molecule has 0 aliphatic rings. The minimum atomic E-state index is -0.261. The molecule has 0 bridgehead atoms. The number of nitrogens with one attached hydrogen (secondary N) is 1. The van der Waals surface area contributed by atoms with E-state index in [-0.39, 0.29) is 11.9 Å². The number of halogens is 2. The lowest BCUT2D eigenvalue weighted by molar-refractivity contribution is 0.626. The summed E-state index contributed by atoms with van der Waals surface area (Å²) >= 11 is 5.14. The summed E-state index contributed by atoms with van der Waals surface area (Å²) in [5.74, 6) is -0.261. The maximum Gasteiger partial charge on any atom is 0.146 e. The Bertz CT molecular complexity index is 522. The van der Waals surface area contributed by atoms with E-state index in [4.69, 9.17) is 5.73 Å². The first-order valence-corrected chi connectivity index (χ1v) is 7.19. The van der Waals surface area contributed by atoms with Crippen molar-refractivity contribution in [1.29, 1.82) is 0 Å². The van der Waals surface area contributed by atoms with Gasteiger partial charge < -0.3 is 11.1 Å². The highest BCUT2D eigenvalue weighted by Gasteiger charge is 2.15. The van der Waals surface area contributed by atoms with Crippen molar-refractivity contribution < 1.29 is 4.39 Å². The Kier molecular flexibility index (Phi) is 4.37. The number of rotatable bonds is 4. The van der Waals surface area contributed by atoms with E-state index in [1.54, 1.807) is 29.5 Å². The van der Waals surface area contributed by atoms with E-state index < -0.39 is 0 Å². The molecule has 1 heterocycles. The molecule has 5 heteroatoms. The van der Waals surface area contributed by atoms with Crippen molar-refractivity contribution in [3.8, 4) is 0 Å². The average Bonchev–Trinajstić information content (AvgIpc) is 2.68. The van der Waals surface area contributed by atoms with Crippen molar-refractivity contribution in [3.05, 3.63) is 50.4 Å². The molecule has 0 saturated carbocycles. The van der Waals surface area contributed by atoms with Crippen LogP contribution >= 0.6 is 27.3 Å². The van der Waals surface area contributed by atoms with Crippen LogP contribution in [0.15, 0.2) is 34.8 Å². The number of para-hydroxylation sites is 1. The molecule has 2 rings (SSSR count). The Morgan fingerprint density at radius 3 is 2.72 bits per heavy atom. The van der Waals surface area contributed by atoms with Crippen molar-refractivity contribution in [1.82, 2.24) is 0 Å². The number of aryl methyl sites for hydroxylation is 1. The van der Waals surface area contributed by atoms with E-state index >= 15 is 0 Å². The first-order valence-electron chi connectivity index (χ1n) is 5.58. The van der Waals surface area contributed by atoms with Crippen molar-refractivity contribution in [3.63, 3.8) is 0 Å². The molecule has 0 aliphatic carbocycles. The van der Waals surface area contributed by atoms with E-state index in [2.05, 4.69) is 21.2 Å². The Morgan fingerprint density at radius 2 is 2.17 bits per heavy atom. The van der Waals surface area contributed by atoms with Gasteiger partial charge in [-0.2, -0.15) is 0 Å². The Hall–Kier alpha value is -0.910. The van der Waals surface area contributed by atoms with E-state index in [0.717, 1.165) is 9.35 Å². The summed E-state index contributed by atoms with van der Waals surface area (Å²) in [4.78, 5) is 2.30. The molecule has 0 saturated heterocycles. The van der Waals surface area contributed by atoms with E-state index in [0.29, 0.717) is 12.2 Å². The fourth-order valence-electron chi connectivity index (χ4n) is 1.67. The van der Waals surface area contributed by atoms with Gasteiger partial charge in [-0.05, 0) is 41.1 Å². The van der Waals surface area contributed by atoms with Crippen molar-refractivity contribution in [2.45, 2.75) is 13.0 Å². The molecule has 0 amide bonds. The summed E-state index contributed by atoms with van der Waals surface area (Å²) in [6.07, 6.45) is 0. The monoisotopic (exact) mass is 328 g/mol. The minimum absolute atomic E-state index is 0.0723. The summed E-state index contributed by atoms with van der Waals surface area (Å²) in [7, 11) is 0.